The molecule has 0 spiro atoms. The van der Waals surface area contributed by atoms with Crippen LogP contribution >= 0.6 is 0 Å². The fourth-order valence-electron chi connectivity index (χ4n) is 3.41. The van der Waals surface area contributed by atoms with Gasteiger partial charge >= 0.3 is 5.97 Å². The van der Waals surface area contributed by atoms with Crippen molar-refractivity contribution in [1.82, 2.24) is 0 Å². The van der Waals surface area contributed by atoms with Crippen LogP contribution in [0.15, 0.2) is 72.8 Å². The zero-order chi connectivity index (χ0) is 20.6. The van der Waals surface area contributed by atoms with E-state index in [4.69, 9.17) is 9.16 Å². The highest BCUT2D eigenvalue weighted by molar-refractivity contribution is 6.99. The van der Waals surface area contributed by atoms with E-state index in [0.29, 0.717) is 6.61 Å². The second-order valence-electron chi connectivity index (χ2n) is 7.65. The lowest BCUT2D eigenvalue weighted by molar-refractivity contribution is -0.137. The lowest BCUT2D eigenvalue weighted by Crippen LogP contribution is -2.67. The van der Waals surface area contributed by atoms with Gasteiger partial charge in [-0.25, -0.2) is 4.79 Å². The Balaban J connectivity index is 2.38. The first kappa shape index (κ1) is 22.1. The molecule has 0 amide bonds. The first-order chi connectivity index (χ1) is 13.3. The number of hydrogen-bond donors (Lipinski definition) is 1. The Hall–Kier alpha value is -2.21. The van der Waals surface area contributed by atoms with Gasteiger partial charge in [-0.3, -0.25) is 0 Å². The molecule has 2 aromatic rings. The number of rotatable bonds is 8. The summed E-state index contributed by atoms with van der Waals surface area (Å²) >= 11 is 0. The van der Waals surface area contributed by atoms with E-state index >= 15 is 0 Å². The molecular formula is C23H30O4Si. The summed E-state index contributed by atoms with van der Waals surface area (Å²) in [5, 5.41) is 12.5. The average Bonchev–Trinajstić information content (AvgIpc) is 2.68. The number of hydrogen-bond acceptors (Lipinski definition) is 4. The van der Waals surface area contributed by atoms with Crippen molar-refractivity contribution in [2.45, 2.75) is 38.8 Å². The molecule has 0 fully saturated rings. The molecule has 0 aliphatic heterocycles. The number of aliphatic hydroxyl groups is 1. The highest BCUT2D eigenvalue weighted by Crippen LogP contribution is 2.36. The molecule has 4 nitrogen and oxygen atoms in total. The van der Waals surface area contributed by atoms with Gasteiger partial charge in [0.2, 0.25) is 0 Å². The molecule has 0 aliphatic rings. The van der Waals surface area contributed by atoms with Crippen LogP contribution < -0.4 is 10.4 Å². The molecule has 2 rings (SSSR count). The number of benzene rings is 2. The zero-order valence-electron chi connectivity index (χ0n) is 17.1. The van der Waals surface area contributed by atoms with Crippen LogP contribution in [0.1, 0.15) is 27.7 Å². The van der Waals surface area contributed by atoms with Crippen molar-refractivity contribution >= 4 is 24.7 Å². The molecule has 2 aromatic carbocycles. The van der Waals surface area contributed by atoms with Crippen molar-refractivity contribution in [2.24, 2.45) is 0 Å². The quantitative estimate of drug-likeness (QED) is 0.422. The molecule has 0 radical (unpaired) electrons. The monoisotopic (exact) mass is 398 g/mol. The van der Waals surface area contributed by atoms with Gasteiger partial charge in [0.1, 0.15) is 0 Å². The average molecular weight is 399 g/mol. The maximum atomic E-state index is 11.5. The molecule has 28 heavy (non-hydrogen) atoms. The van der Waals surface area contributed by atoms with Crippen molar-refractivity contribution < 1.29 is 19.1 Å². The molecule has 0 saturated heterocycles. The normalized spacial score (nSPS) is 13.5. The molecule has 0 heterocycles. The van der Waals surface area contributed by atoms with Crippen LogP contribution in [0.3, 0.4) is 0 Å². The van der Waals surface area contributed by atoms with Crippen LogP contribution in [0.4, 0.5) is 0 Å². The summed E-state index contributed by atoms with van der Waals surface area (Å²) in [5.74, 6) is -0.466. The minimum atomic E-state index is -2.69. The predicted octanol–water partition coefficient (Wildman–Crippen LogP) is 3.04. The third-order valence-corrected chi connectivity index (χ3v) is 9.63. The van der Waals surface area contributed by atoms with E-state index in [1.54, 1.807) is 6.92 Å². The van der Waals surface area contributed by atoms with E-state index in [1.165, 1.54) is 12.2 Å². The maximum absolute atomic E-state index is 11.5. The molecule has 5 heteroatoms. The van der Waals surface area contributed by atoms with E-state index in [0.717, 1.165) is 10.4 Å². The molecule has 0 aromatic heterocycles. The molecular weight excluding hydrogens is 368 g/mol. The van der Waals surface area contributed by atoms with E-state index in [-0.39, 0.29) is 11.6 Å². The van der Waals surface area contributed by atoms with Crippen LogP contribution in [0, 0.1) is 0 Å². The molecule has 0 saturated carbocycles. The van der Waals surface area contributed by atoms with E-state index < -0.39 is 20.4 Å². The van der Waals surface area contributed by atoms with Gasteiger partial charge in [0.15, 0.2) is 0 Å². The predicted molar refractivity (Wildman–Crippen MR) is 115 cm³/mol. The summed E-state index contributed by atoms with van der Waals surface area (Å²) in [5.41, 5.74) is 0. The van der Waals surface area contributed by atoms with Crippen molar-refractivity contribution in [1.29, 1.82) is 0 Å². The minimum Gasteiger partial charge on any atom is -0.463 e. The topological polar surface area (TPSA) is 55.8 Å². The Kier molecular flexibility index (Phi) is 7.75. The van der Waals surface area contributed by atoms with Gasteiger partial charge in [-0.1, -0.05) is 81.4 Å². The van der Waals surface area contributed by atoms with Gasteiger partial charge in [0.05, 0.1) is 19.3 Å². The number of carbonyl (C=O) groups is 1. The van der Waals surface area contributed by atoms with Gasteiger partial charge in [-0.05, 0) is 28.4 Å². The Morgan fingerprint density at radius 2 is 1.54 bits per heavy atom. The first-order valence-electron chi connectivity index (χ1n) is 9.59. The van der Waals surface area contributed by atoms with E-state index in [2.05, 4.69) is 45.0 Å². The van der Waals surface area contributed by atoms with Crippen LogP contribution in [0.2, 0.25) is 5.04 Å². The van der Waals surface area contributed by atoms with E-state index in [9.17, 15) is 9.90 Å². The molecule has 0 unspecified atom stereocenters. The first-order valence-corrected chi connectivity index (χ1v) is 11.5. The standard InChI is InChI=1S/C23H30O4Si/c1-5-26-22(25)17-16-19(24)18-27-28(23(2,3)4,20-12-8-6-9-13-20)21-14-10-7-11-15-21/h6-17,19,24H,5,18H2,1-4H3/b17-16+/t19-/m0/s1. The van der Waals surface area contributed by atoms with Crippen molar-refractivity contribution in [2.75, 3.05) is 13.2 Å². The largest absolute Gasteiger partial charge is 0.463 e. The number of carbonyl (C=O) groups excluding carboxylic acids is 1. The molecule has 1 atom stereocenters. The Morgan fingerprint density at radius 3 is 1.96 bits per heavy atom. The SMILES string of the molecule is CCOC(=O)/C=C/[C@H](O)CO[Si](c1ccccc1)(c1ccccc1)C(C)(C)C. The number of aliphatic hydroxyl groups excluding tert-OH is 1. The second-order valence-corrected chi connectivity index (χ2v) is 12.0. The molecule has 150 valence electrons. The highest BCUT2D eigenvalue weighted by atomic mass is 28.4. The van der Waals surface area contributed by atoms with Gasteiger partial charge in [-0.15, -0.1) is 0 Å². The fraction of sp³-hybridized carbons (Fsp3) is 0.348. The Labute approximate surface area is 169 Å². The smallest absolute Gasteiger partial charge is 0.330 e. The van der Waals surface area contributed by atoms with Crippen molar-refractivity contribution in [3.8, 4) is 0 Å². The third kappa shape index (κ3) is 5.19. The van der Waals surface area contributed by atoms with Gasteiger partial charge < -0.3 is 14.3 Å². The lowest BCUT2D eigenvalue weighted by Gasteiger charge is -2.43. The van der Waals surface area contributed by atoms with Crippen LogP contribution in [-0.4, -0.2) is 38.7 Å². The molecule has 0 aliphatic carbocycles. The molecule has 1 N–H and O–H groups in total. The summed E-state index contributed by atoms with van der Waals surface area (Å²) < 4.78 is 11.5. The number of esters is 1. The lowest BCUT2D eigenvalue weighted by atomic mass is 10.2. The Morgan fingerprint density at radius 1 is 1.04 bits per heavy atom. The van der Waals surface area contributed by atoms with E-state index in [1.807, 2.05) is 36.4 Å². The summed E-state index contributed by atoms with van der Waals surface area (Å²) in [4.78, 5) is 11.5. The number of ether oxygens (including phenoxy) is 1. The summed E-state index contributed by atoms with van der Waals surface area (Å²) in [7, 11) is -2.69. The summed E-state index contributed by atoms with van der Waals surface area (Å²) in [6, 6.07) is 20.5. The van der Waals surface area contributed by atoms with Crippen LogP contribution in [-0.2, 0) is 14.0 Å². The Bertz CT molecular complexity index is 727. The highest BCUT2D eigenvalue weighted by Gasteiger charge is 2.50. The van der Waals surface area contributed by atoms with Crippen molar-refractivity contribution in [3.63, 3.8) is 0 Å². The fourth-order valence-corrected chi connectivity index (χ4v) is 7.98. The van der Waals surface area contributed by atoms with Gasteiger partial charge in [-0.2, -0.15) is 0 Å². The molecule has 0 bridgehead atoms. The summed E-state index contributed by atoms with van der Waals surface area (Å²) in [6.45, 7) is 8.69. The zero-order valence-corrected chi connectivity index (χ0v) is 18.1. The minimum absolute atomic E-state index is 0.100. The summed E-state index contributed by atoms with van der Waals surface area (Å²) in [6.07, 6.45) is 1.78. The van der Waals surface area contributed by atoms with Gasteiger partial charge in [0, 0.05) is 6.08 Å². The van der Waals surface area contributed by atoms with Gasteiger partial charge in [0.25, 0.3) is 8.32 Å². The maximum Gasteiger partial charge on any atom is 0.330 e. The van der Waals surface area contributed by atoms with Crippen molar-refractivity contribution in [3.05, 3.63) is 72.8 Å². The van der Waals surface area contributed by atoms with Crippen LogP contribution in [0.25, 0.3) is 0 Å². The third-order valence-electron chi connectivity index (χ3n) is 4.63. The van der Waals surface area contributed by atoms with Crippen LogP contribution in [0.5, 0.6) is 0 Å². The second kappa shape index (κ2) is 9.82.